The van der Waals surface area contributed by atoms with Gasteiger partial charge in [0, 0.05) is 24.4 Å². The molecule has 1 N–H and O–H groups in total. The summed E-state index contributed by atoms with van der Waals surface area (Å²) in [6, 6.07) is 6.27. The SMILES string of the molecule is O=C1CCC2(CC1)CC(O)(c1ccnc3ccc(F)cc13)C2. The van der Waals surface area contributed by atoms with Gasteiger partial charge in [0.05, 0.1) is 11.1 Å². The average Bonchev–Trinajstić information content (AvgIpc) is 2.48. The molecule has 2 aliphatic carbocycles. The summed E-state index contributed by atoms with van der Waals surface area (Å²) in [6.45, 7) is 0. The van der Waals surface area contributed by atoms with Gasteiger partial charge in [0.25, 0.3) is 0 Å². The number of Topliss-reactive ketones (excluding diaryl/α,β-unsaturated/α-hetero) is 1. The zero-order valence-electron chi connectivity index (χ0n) is 12.3. The zero-order chi connectivity index (χ0) is 15.4. The Morgan fingerprint density at radius 1 is 1.14 bits per heavy atom. The van der Waals surface area contributed by atoms with Crippen LogP contribution in [0.4, 0.5) is 4.39 Å². The number of carbonyl (C=O) groups is 1. The van der Waals surface area contributed by atoms with Crippen LogP contribution < -0.4 is 0 Å². The molecule has 1 heterocycles. The standard InChI is InChI=1S/C18H18FNO2/c19-12-1-2-16-14(9-12)15(5-8-20-16)18(22)10-17(11-18)6-3-13(21)4-7-17/h1-2,5,8-9,22H,3-4,6-7,10-11H2. The van der Waals surface area contributed by atoms with Gasteiger partial charge in [-0.25, -0.2) is 4.39 Å². The molecule has 1 aromatic carbocycles. The largest absolute Gasteiger partial charge is 0.385 e. The van der Waals surface area contributed by atoms with Gasteiger partial charge in [-0.15, -0.1) is 0 Å². The molecular formula is C18H18FNO2. The van der Waals surface area contributed by atoms with Gasteiger partial charge in [0.15, 0.2) is 0 Å². The molecule has 0 amide bonds. The van der Waals surface area contributed by atoms with Gasteiger partial charge < -0.3 is 5.11 Å². The Hall–Kier alpha value is -1.81. The Bertz CT molecular complexity index is 753. The Morgan fingerprint density at radius 2 is 1.86 bits per heavy atom. The number of halogens is 1. The van der Waals surface area contributed by atoms with Crippen LogP contribution in [0, 0.1) is 11.2 Å². The molecule has 4 rings (SSSR count). The lowest BCUT2D eigenvalue weighted by Gasteiger charge is -2.55. The van der Waals surface area contributed by atoms with E-state index in [9.17, 15) is 14.3 Å². The van der Waals surface area contributed by atoms with Crippen molar-refractivity contribution in [2.45, 2.75) is 44.1 Å². The molecule has 2 aromatic rings. The molecular weight excluding hydrogens is 281 g/mol. The van der Waals surface area contributed by atoms with Crippen LogP contribution in [0.1, 0.15) is 44.1 Å². The van der Waals surface area contributed by atoms with Gasteiger partial charge in [-0.2, -0.15) is 0 Å². The van der Waals surface area contributed by atoms with E-state index >= 15 is 0 Å². The number of benzene rings is 1. The predicted octanol–water partition coefficient (Wildman–Crippen LogP) is 3.48. The van der Waals surface area contributed by atoms with Crippen LogP contribution >= 0.6 is 0 Å². The molecule has 1 spiro atoms. The van der Waals surface area contributed by atoms with Crippen molar-refractivity contribution in [1.29, 1.82) is 0 Å². The molecule has 2 saturated carbocycles. The molecule has 2 fully saturated rings. The fourth-order valence-electron chi connectivity index (χ4n) is 4.32. The van der Waals surface area contributed by atoms with E-state index in [0.29, 0.717) is 42.4 Å². The van der Waals surface area contributed by atoms with Crippen molar-refractivity contribution in [2.75, 3.05) is 0 Å². The number of ketones is 1. The predicted molar refractivity (Wildman–Crippen MR) is 80.7 cm³/mol. The first-order valence-electron chi connectivity index (χ1n) is 7.79. The zero-order valence-corrected chi connectivity index (χ0v) is 12.3. The van der Waals surface area contributed by atoms with E-state index in [-0.39, 0.29) is 11.2 Å². The maximum Gasteiger partial charge on any atom is 0.132 e. The van der Waals surface area contributed by atoms with Crippen molar-refractivity contribution in [3.63, 3.8) is 0 Å². The van der Waals surface area contributed by atoms with E-state index < -0.39 is 5.60 Å². The highest BCUT2D eigenvalue weighted by atomic mass is 19.1. The molecule has 2 aliphatic rings. The van der Waals surface area contributed by atoms with Crippen LogP contribution in [-0.2, 0) is 10.4 Å². The summed E-state index contributed by atoms with van der Waals surface area (Å²) >= 11 is 0. The first-order chi connectivity index (χ1) is 10.5. The fourth-order valence-corrected chi connectivity index (χ4v) is 4.32. The van der Waals surface area contributed by atoms with Crippen LogP contribution in [-0.4, -0.2) is 15.9 Å². The van der Waals surface area contributed by atoms with E-state index in [1.54, 1.807) is 18.3 Å². The summed E-state index contributed by atoms with van der Waals surface area (Å²) < 4.78 is 13.6. The average molecular weight is 299 g/mol. The highest BCUT2D eigenvalue weighted by Crippen LogP contribution is 2.60. The van der Waals surface area contributed by atoms with Gasteiger partial charge in [0.2, 0.25) is 0 Å². The van der Waals surface area contributed by atoms with Gasteiger partial charge in [0.1, 0.15) is 11.6 Å². The molecule has 1 aromatic heterocycles. The van der Waals surface area contributed by atoms with E-state index in [4.69, 9.17) is 0 Å². The van der Waals surface area contributed by atoms with Crippen molar-refractivity contribution in [3.05, 3.63) is 41.8 Å². The molecule has 22 heavy (non-hydrogen) atoms. The Balaban J connectivity index is 1.68. The second-order valence-electron chi connectivity index (χ2n) is 6.94. The number of carbonyl (C=O) groups excluding carboxylic acids is 1. The monoisotopic (exact) mass is 299 g/mol. The first-order valence-corrected chi connectivity index (χ1v) is 7.79. The molecule has 0 bridgehead atoms. The minimum atomic E-state index is -0.921. The van der Waals surface area contributed by atoms with Gasteiger partial charge in [-0.1, -0.05) is 0 Å². The molecule has 0 unspecified atom stereocenters. The second kappa shape index (κ2) is 4.59. The molecule has 0 saturated heterocycles. The number of fused-ring (bicyclic) bond motifs is 1. The summed E-state index contributed by atoms with van der Waals surface area (Å²) in [4.78, 5) is 15.7. The summed E-state index contributed by atoms with van der Waals surface area (Å²) in [6.07, 6.45) is 5.97. The third-order valence-electron chi connectivity index (χ3n) is 5.41. The summed E-state index contributed by atoms with van der Waals surface area (Å²) in [5, 5.41) is 11.7. The maximum atomic E-state index is 13.6. The van der Waals surface area contributed by atoms with Crippen LogP contribution in [0.5, 0.6) is 0 Å². The summed E-state index contributed by atoms with van der Waals surface area (Å²) in [5.41, 5.74) is 0.632. The first kappa shape index (κ1) is 13.8. The Kier molecular flexibility index (Phi) is 2.89. The molecule has 3 nitrogen and oxygen atoms in total. The summed E-state index contributed by atoms with van der Waals surface area (Å²) in [7, 11) is 0. The van der Waals surface area contributed by atoms with E-state index in [0.717, 1.165) is 18.4 Å². The smallest absolute Gasteiger partial charge is 0.132 e. The van der Waals surface area contributed by atoms with Crippen molar-refractivity contribution >= 4 is 16.7 Å². The number of hydrogen-bond acceptors (Lipinski definition) is 3. The highest BCUT2D eigenvalue weighted by molar-refractivity contribution is 5.83. The quantitative estimate of drug-likeness (QED) is 0.877. The minimum absolute atomic E-state index is 0.0889. The fraction of sp³-hybridized carbons (Fsp3) is 0.444. The third-order valence-corrected chi connectivity index (χ3v) is 5.41. The van der Waals surface area contributed by atoms with Crippen LogP contribution in [0.15, 0.2) is 30.5 Å². The normalized spacial score (nSPS) is 22.7. The van der Waals surface area contributed by atoms with Crippen LogP contribution in [0.2, 0.25) is 0 Å². The molecule has 4 heteroatoms. The van der Waals surface area contributed by atoms with Crippen molar-refractivity contribution in [1.82, 2.24) is 4.98 Å². The molecule has 0 aliphatic heterocycles. The van der Waals surface area contributed by atoms with Gasteiger partial charge in [-0.05, 0) is 60.9 Å². The van der Waals surface area contributed by atoms with Crippen molar-refractivity contribution in [2.24, 2.45) is 5.41 Å². The van der Waals surface area contributed by atoms with Crippen LogP contribution in [0.3, 0.4) is 0 Å². The lowest BCUT2D eigenvalue weighted by Crippen LogP contribution is -2.51. The minimum Gasteiger partial charge on any atom is -0.385 e. The van der Waals surface area contributed by atoms with Crippen LogP contribution in [0.25, 0.3) is 10.9 Å². The lowest BCUT2D eigenvalue weighted by molar-refractivity contribution is -0.155. The van der Waals surface area contributed by atoms with Crippen molar-refractivity contribution < 1.29 is 14.3 Å². The Labute approximate surface area is 128 Å². The molecule has 0 atom stereocenters. The van der Waals surface area contributed by atoms with Gasteiger partial charge in [-0.3, -0.25) is 9.78 Å². The van der Waals surface area contributed by atoms with Crippen molar-refractivity contribution in [3.8, 4) is 0 Å². The topological polar surface area (TPSA) is 50.2 Å². The molecule has 114 valence electrons. The maximum absolute atomic E-state index is 13.6. The van der Waals surface area contributed by atoms with E-state index in [1.165, 1.54) is 12.1 Å². The van der Waals surface area contributed by atoms with E-state index in [2.05, 4.69) is 4.98 Å². The number of aromatic nitrogens is 1. The second-order valence-corrected chi connectivity index (χ2v) is 6.94. The number of pyridine rings is 1. The lowest BCUT2D eigenvalue weighted by atomic mass is 9.52. The highest BCUT2D eigenvalue weighted by Gasteiger charge is 2.55. The number of aliphatic hydroxyl groups is 1. The third kappa shape index (κ3) is 2.05. The molecule has 0 radical (unpaired) electrons. The van der Waals surface area contributed by atoms with Gasteiger partial charge >= 0.3 is 0 Å². The number of nitrogens with zero attached hydrogens (tertiary/aromatic N) is 1. The number of rotatable bonds is 1. The number of hydrogen-bond donors (Lipinski definition) is 1. The Morgan fingerprint density at radius 3 is 2.59 bits per heavy atom. The summed E-state index contributed by atoms with van der Waals surface area (Å²) in [5.74, 6) is 0.0140. The van der Waals surface area contributed by atoms with E-state index in [1.807, 2.05) is 0 Å².